The van der Waals surface area contributed by atoms with Gasteiger partial charge in [-0.1, -0.05) is 24.3 Å². The van der Waals surface area contributed by atoms with Gasteiger partial charge in [-0.15, -0.1) is 0 Å². The van der Waals surface area contributed by atoms with E-state index in [1.54, 1.807) is 36.4 Å². The minimum atomic E-state index is -3.53. The molecule has 8 heteroatoms. The summed E-state index contributed by atoms with van der Waals surface area (Å²) in [5, 5.41) is 8.24. The molecule has 1 fully saturated rings. The van der Waals surface area contributed by atoms with Crippen molar-refractivity contribution in [2.45, 2.75) is 17.4 Å². The van der Waals surface area contributed by atoms with Crippen molar-refractivity contribution in [2.24, 2.45) is 0 Å². The zero-order chi connectivity index (χ0) is 18.9. The van der Waals surface area contributed by atoms with Gasteiger partial charge in [0.15, 0.2) is 0 Å². The van der Waals surface area contributed by atoms with E-state index in [9.17, 15) is 8.42 Å². The Balaban J connectivity index is 1.52. The van der Waals surface area contributed by atoms with Gasteiger partial charge in [-0.25, -0.2) is 8.42 Å². The van der Waals surface area contributed by atoms with Gasteiger partial charge in [0, 0.05) is 13.1 Å². The number of nitrogens with zero attached hydrogens (tertiary/aromatic N) is 4. The van der Waals surface area contributed by atoms with E-state index in [4.69, 9.17) is 4.74 Å². The molecular formula is C19H20N4O3S. The highest BCUT2D eigenvalue weighted by Crippen LogP contribution is 2.28. The van der Waals surface area contributed by atoms with Crippen molar-refractivity contribution in [2.75, 3.05) is 20.2 Å². The highest BCUT2D eigenvalue weighted by molar-refractivity contribution is 7.89. The molecular weight excluding hydrogens is 364 g/mol. The molecule has 4 rings (SSSR count). The Morgan fingerprint density at radius 1 is 0.963 bits per heavy atom. The third kappa shape index (κ3) is 3.45. The minimum Gasteiger partial charge on any atom is -0.497 e. The summed E-state index contributed by atoms with van der Waals surface area (Å²) >= 11 is 0. The van der Waals surface area contributed by atoms with Crippen molar-refractivity contribution in [1.29, 1.82) is 0 Å². The first kappa shape index (κ1) is 17.7. The molecule has 1 saturated heterocycles. The van der Waals surface area contributed by atoms with Crippen molar-refractivity contribution in [1.82, 2.24) is 19.3 Å². The van der Waals surface area contributed by atoms with Crippen LogP contribution in [0.1, 0.15) is 12.5 Å². The van der Waals surface area contributed by atoms with Crippen LogP contribution in [0.3, 0.4) is 0 Å². The first-order chi connectivity index (χ1) is 13.1. The fraction of sp³-hybridized carbons (Fsp3) is 0.263. The van der Waals surface area contributed by atoms with Crippen molar-refractivity contribution >= 4 is 10.0 Å². The number of methoxy groups -OCH3 is 1. The van der Waals surface area contributed by atoms with E-state index in [1.807, 2.05) is 36.4 Å². The van der Waals surface area contributed by atoms with Crippen molar-refractivity contribution < 1.29 is 13.2 Å². The molecule has 140 valence electrons. The highest BCUT2D eigenvalue weighted by Gasteiger charge is 2.34. The Kier molecular flexibility index (Phi) is 4.67. The molecule has 1 aromatic heterocycles. The summed E-state index contributed by atoms with van der Waals surface area (Å²) in [7, 11) is -1.90. The van der Waals surface area contributed by atoms with Crippen molar-refractivity contribution in [3.8, 4) is 16.9 Å². The molecule has 1 unspecified atom stereocenters. The second-order valence-corrected chi connectivity index (χ2v) is 8.35. The van der Waals surface area contributed by atoms with Gasteiger partial charge in [0.25, 0.3) is 0 Å². The fourth-order valence-corrected chi connectivity index (χ4v) is 4.78. The monoisotopic (exact) mass is 384 g/mol. The Labute approximate surface area is 158 Å². The Morgan fingerprint density at radius 2 is 1.56 bits per heavy atom. The van der Waals surface area contributed by atoms with E-state index >= 15 is 0 Å². The summed E-state index contributed by atoms with van der Waals surface area (Å²) < 4.78 is 32.5. The average Bonchev–Trinajstić information content (AvgIpc) is 3.40. The van der Waals surface area contributed by atoms with Gasteiger partial charge in [-0.05, 0) is 41.8 Å². The minimum absolute atomic E-state index is 0.0200. The molecule has 0 aliphatic carbocycles. The van der Waals surface area contributed by atoms with Crippen molar-refractivity contribution in [3.05, 3.63) is 60.9 Å². The van der Waals surface area contributed by atoms with Gasteiger partial charge in [0.05, 0.1) is 30.4 Å². The van der Waals surface area contributed by atoms with Gasteiger partial charge in [-0.3, -0.25) is 0 Å². The van der Waals surface area contributed by atoms with Crippen LogP contribution in [0.5, 0.6) is 5.75 Å². The number of aromatic nitrogens is 3. The zero-order valence-corrected chi connectivity index (χ0v) is 15.7. The third-order valence-corrected chi connectivity index (χ3v) is 6.68. The lowest BCUT2D eigenvalue weighted by Crippen LogP contribution is -2.29. The standard InChI is InChI=1S/C19H20N4O3S/c1-26-18-6-2-15(3-7-18)16-4-8-19(9-5-16)27(24,25)22-13-10-17(14-22)23-20-11-12-21-23/h2-9,11-12,17H,10,13-14H2,1H3. The number of ether oxygens (including phenoxy) is 1. The number of hydrogen-bond donors (Lipinski definition) is 0. The predicted molar refractivity (Wildman–Crippen MR) is 101 cm³/mol. The largest absolute Gasteiger partial charge is 0.497 e. The van der Waals surface area contributed by atoms with Crippen LogP contribution >= 0.6 is 0 Å². The molecule has 0 bridgehead atoms. The molecule has 2 aromatic carbocycles. The second kappa shape index (κ2) is 7.13. The summed E-state index contributed by atoms with van der Waals surface area (Å²) in [6, 6.07) is 14.6. The van der Waals surface area contributed by atoms with E-state index in [0.717, 1.165) is 16.9 Å². The quantitative estimate of drug-likeness (QED) is 0.676. The number of sulfonamides is 1. The van der Waals surface area contributed by atoms with Crippen LogP contribution in [0.4, 0.5) is 0 Å². The normalized spacial score (nSPS) is 17.9. The molecule has 1 aliphatic heterocycles. The topological polar surface area (TPSA) is 77.3 Å². The molecule has 7 nitrogen and oxygen atoms in total. The van der Waals surface area contributed by atoms with Crippen LogP contribution in [0.15, 0.2) is 65.8 Å². The fourth-order valence-electron chi connectivity index (χ4n) is 3.28. The lowest BCUT2D eigenvalue weighted by Gasteiger charge is -2.16. The van der Waals surface area contributed by atoms with Gasteiger partial charge in [0.2, 0.25) is 10.0 Å². The Bertz CT molecular complexity index is 1000. The molecule has 3 aromatic rings. The summed E-state index contributed by atoms with van der Waals surface area (Å²) in [6.07, 6.45) is 3.92. The van der Waals surface area contributed by atoms with Crippen LogP contribution in [0, 0.1) is 0 Å². The molecule has 0 saturated carbocycles. The molecule has 27 heavy (non-hydrogen) atoms. The summed E-state index contributed by atoms with van der Waals surface area (Å²) in [4.78, 5) is 1.89. The predicted octanol–water partition coefficient (Wildman–Crippen LogP) is 2.59. The lowest BCUT2D eigenvalue weighted by atomic mass is 10.1. The van der Waals surface area contributed by atoms with Crippen LogP contribution in [0.25, 0.3) is 11.1 Å². The number of benzene rings is 2. The molecule has 0 amide bonds. The molecule has 1 atom stereocenters. The van der Waals surface area contributed by atoms with Crippen LogP contribution < -0.4 is 4.74 Å². The Hall–Kier alpha value is -2.71. The third-order valence-electron chi connectivity index (χ3n) is 4.80. The lowest BCUT2D eigenvalue weighted by molar-refractivity contribution is 0.402. The summed E-state index contributed by atoms with van der Waals surface area (Å²) in [5.74, 6) is 0.785. The van der Waals surface area contributed by atoms with Gasteiger partial charge < -0.3 is 4.74 Å². The smallest absolute Gasteiger partial charge is 0.243 e. The maximum absolute atomic E-state index is 12.9. The van der Waals surface area contributed by atoms with E-state index < -0.39 is 10.0 Å². The first-order valence-corrected chi connectivity index (χ1v) is 10.1. The van der Waals surface area contributed by atoms with E-state index in [-0.39, 0.29) is 6.04 Å². The molecule has 0 N–H and O–H groups in total. The van der Waals surface area contributed by atoms with Gasteiger partial charge in [-0.2, -0.15) is 19.3 Å². The van der Waals surface area contributed by atoms with Crippen LogP contribution in [-0.2, 0) is 10.0 Å². The molecule has 0 spiro atoms. The van der Waals surface area contributed by atoms with Crippen molar-refractivity contribution in [3.63, 3.8) is 0 Å². The Morgan fingerprint density at radius 3 is 2.15 bits per heavy atom. The zero-order valence-electron chi connectivity index (χ0n) is 14.9. The SMILES string of the molecule is COc1ccc(-c2ccc(S(=O)(=O)N3CCC(n4nccn4)C3)cc2)cc1. The maximum atomic E-state index is 12.9. The molecule has 0 radical (unpaired) electrons. The second-order valence-electron chi connectivity index (χ2n) is 6.41. The molecule has 2 heterocycles. The summed E-state index contributed by atoms with van der Waals surface area (Å²) in [5.41, 5.74) is 1.96. The highest BCUT2D eigenvalue weighted by atomic mass is 32.2. The maximum Gasteiger partial charge on any atom is 0.243 e. The van der Waals surface area contributed by atoms with E-state index in [1.165, 1.54) is 4.31 Å². The number of hydrogen-bond acceptors (Lipinski definition) is 5. The van der Waals surface area contributed by atoms with Crippen LogP contribution in [0.2, 0.25) is 0 Å². The average molecular weight is 384 g/mol. The summed E-state index contributed by atoms with van der Waals surface area (Å²) in [6.45, 7) is 0.853. The van der Waals surface area contributed by atoms with E-state index in [0.29, 0.717) is 24.4 Å². The van der Waals surface area contributed by atoms with Crippen LogP contribution in [-0.4, -0.2) is 47.9 Å². The van der Waals surface area contributed by atoms with Gasteiger partial charge >= 0.3 is 0 Å². The van der Waals surface area contributed by atoms with Gasteiger partial charge in [0.1, 0.15) is 5.75 Å². The molecule has 1 aliphatic rings. The first-order valence-electron chi connectivity index (χ1n) is 8.68. The number of rotatable bonds is 5. The van der Waals surface area contributed by atoms with E-state index in [2.05, 4.69) is 10.2 Å².